The fraction of sp³-hybridized carbons (Fsp3) is 0.833. The first-order valence-corrected chi connectivity index (χ1v) is 6.05. The summed E-state index contributed by atoms with van der Waals surface area (Å²) in [6.07, 6.45) is 0.697. The number of carbonyl (C=O) groups excluding carboxylic acids is 2. The zero-order valence-corrected chi connectivity index (χ0v) is 12.3. The largest absolute Gasteiger partial charge is 0.351 e. The number of rotatable bonds is 3. The molecular formula is C12H24ClN3O2. The maximum atomic E-state index is 11.8. The van der Waals surface area contributed by atoms with E-state index in [1.807, 2.05) is 25.7 Å². The molecule has 0 spiro atoms. The Bertz CT molecular complexity index is 313. The number of nitrogens with one attached hydrogen (secondary N) is 1. The number of nitrogens with two attached hydrogens (primary N) is 1. The van der Waals surface area contributed by atoms with Gasteiger partial charge in [-0.1, -0.05) is 0 Å². The molecular weight excluding hydrogens is 254 g/mol. The van der Waals surface area contributed by atoms with E-state index in [2.05, 4.69) is 5.32 Å². The van der Waals surface area contributed by atoms with Crippen molar-refractivity contribution in [3.63, 3.8) is 0 Å². The topological polar surface area (TPSA) is 75.4 Å². The second-order valence-electron chi connectivity index (χ2n) is 5.83. The summed E-state index contributed by atoms with van der Waals surface area (Å²) in [6.45, 7) is 8.37. The predicted molar refractivity (Wildman–Crippen MR) is 73.5 cm³/mol. The van der Waals surface area contributed by atoms with Crippen LogP contribution in [-0.2, 0) is 9.59 Å². The highest BCUT2D eigenvalue weighted by Gasteiger charge is 2.36. The normalized spacial score (nSPS) is 21.5. The number of carbonyl (C=O) groups is 2. The van der Waals surface area contributed by atoms with Crippen LogP contribution in [0, 0.1) is 0 Å². The number of hydrogen-bond acceptors (Lipinski definition) is 3. The molecule has 0 aliphatic carbocycles. The van der Waals surface area contributed by atoms with Crippen molar-refractivity contribution in [2.45, 2.75) is 58.2 Å². The van der Waals surface area contributed by atoms with Gasteiger partial charge in [0.2, 0.25) is 11.8 Å². The van der Waals surface area contributed by atoms with Crippen molar-refractivity contribution >= 4 is 24.2 Å². The van der Waals surface area contributed by atoms with Crippen molar-refractivity contribution in [1.82, 2.24) is 10.2 Å². The summed E-state index contributed by atoms with van der Waals surface area (Å²) in [5.41, 5.74) is 5.37. The molecule has 6 heteroatoms. The third-order valence-corrected chi connectivity index (χ3v) is 2.81. The van der Waals surface area contributed by atoms with Gasteiger partial charge in [0.25, 0.3) is 0 Å². The average Bonchev–Trinajstić information content (AvgIpc) is 2.43. The van der Waals surface area contributed by atoms with Gasteiger partial charge < -0.3 is 16.0 Å². The first-order chi connectivity index (χ1) is 7.70. The molecule has 0 saturated carbocycles. The summed E-state index contributed by atoms with van der Waals surface area (Å²) in [5, 5.41) is 2.86. The van der Waals surface area contributed by atoms with Crippen LogP contribution in [0.1, 0.15) is 40.5 Å². The maximum absolute atomic E-state index is 11.8. The molecule has 0 bridgehead atoms. The van der Waals surface area contributed by atoms with Gasteiger partial charge in [0.1, 0.15) is 0 Å². The molecule has 2 atom stereocenters. The van der Waals surface area contributed by atoms with Crippen LogP contribution < -0.4 is 11.1 Å². The molecule has 2 amide bonds. The Morgan fingerprint density at radius 3 is 2.50 bits per heavy atom. The average molecular weight is 278 g/mol. The van der Waals surface area contributed by atoms with Gasteiger partial charge in [-0.3, -0.25) is 9.59 Å². The van der Waals surface area contributed by atoms with E-state index in [1.165, 1.54) is 0 Å². The van der Waals surface area contributed by atoms with Crippen molar-refractivity contribution in [3.05, 3.63) is 0 Å². The molecule has 106 valence electrons. The van der Waals surface area contributed by atoms with E-state index in [9.17, 15) is 9.59 Å². The van der Waals surface area contributed by atoms with E-state index in [-0.39, 0.29) is 41.8 Å². The van der Waals surface area contributed by atoms with Crippen LogP contribution >= 0.6 is 12.4 Å². The minimum atomic E-state index is -0.183. The van der Waals surface area contributed by atoms with Crippen molar-refractivity contribution in [1.29, 1.82) is 0 Å². The summed E-state index contributed by atoms with van der Waals surface area (Å²) in [6, 6.07) is -0.223. The highest BCUT2D eigenvalue weighted by Crippen LogP contribution is 2.21. The standard InChI is InChI=1S/C12H23N3O2.ClH/c1-8(13)5-10(16)14-9-6-11(17)15(7-9)12(2,3)4;/h8-9H,5-7,13H2,1-4H3,(H,14,16);1H. The molecule has 0 radical (unpaired) electrons. The Labute approximate surface area is 115 Å². The molecule has 5 nitrogen and oxygen atoms in total. The van der Waals surface area contributed by atoms with E-state index >= 15 is 0 Å². The minimum Gasteiger partial charge on any atom is -0.351 e. The molecule has 2 unspecified atom stereocenters. The summed E-state index contributed by atoms with van der Waals surface area (Å²) in [7, 11) is 0. The Kier molecular flexibility index (Phi) is 6.10. The van der Waals surface area contributed by atoms with Gasteiger partial charge in [0.15, 0.2) is 0 Å². The van der Waals surface area contributed by atoms with Crippen molar-refractivity contribution in [2.75, 3.05) is 6.54 Å². The van der Waals surface area contributed by atoms with E-state index in [1.54, 1.807) is 6.92 Å². The number of nitrogens with zero attached hydrogens (tertiary/aromatic N) is 1. The number of hydrogen-bond donors (Lipinski definition) is 2. The Morgan fingerprint density at radius 1 is 1.56 bits per heavy atom. The molecule has 1 aliphatic rings. The monoisotopic (exact) mass is 277 g/mol. The quantitative estimate of drug-likeness (QED) is 0.796. The lowest BCUT2D eigenvalue weighted by Crippen LogP contribution is -2.45. The third kappa shape index (κ3) is 4.82. The van der Waals surface area contributed by atoms with Gasteiger partial charge in [0, 0.05) is 31.0 Å². The lowest BCUT2D eigenvalue weighted by molar-refractivity contribution is -0.131. The van der Waals surface area contributed by atoms with Crippen molar-refractivity contribution < 1.29 is 9.59 Å². The van der Waals surface area contributed by atoms with Crippen LogP contribution in [0.5, 0.6) is 0 Å². The third-order valence-electron chi connectivity index (χ3n) is 2.81. The van der Waals surface area contributed by atoms with Crippen molar-refractivity contribution in [3.8, 4) is 0 Å². The molecule has 18 heavy (non-hydrogen) atoms. The summed E-state index contributed by atoms with van der Waals surface area (Å²) >= 11 is 0. The highest BCUT2D eigenvalue weighted by atomic mass is 35.5. The first-order valence-electron chi connectivity index (χ1n) is 6.05. The molecule has 1 aliphatic heterocycles. The van der Waals surface area contributed by atoms with Gasteiger partial charge in [0.05, 0.1) is 6.04 Å². The lowest BCUT2D eigenvalue weighted by Gasteiger charge is -2.32. The fourth-order valence-corrected chi connectivity index (χ4v) is 2.03. The van der Waals surface area contributed by atoms with Crippen LogP contribution in [0.25, 0.3) is 0 Å². The number of likely N-dealkylation sites (tertiary alicyclic amines) is 1. The van der Waals surface area contributed by atoms with Gasteiger partial charge in [-0.15, -0.1) is 12.4 Å². The summed E-state index contributed by atoms with van der Waals surface area (Å²) in [5.74, 6) is 0.0251. The van der Waals surface area contributed by atoms with Crippen LogP contribution in [0.2, 0.25) is 0 Å². The summed E-state index contributed by atoms with van der Waals surface area (Å²) in [4.78, 5) is 25.1. The molecule has 1 heterocycles. The molecule has 1 saturated heterocycles. The molecule has 1 rings (SSSR count). The zero-order valence-electron chi connectivity index (χ0n) is 11.5. The van der Waals surface area contributed by atoms with E-state index in [0.29, 0.717) is 19.4 Å². The van der Waals surface area contributed by atoms with Crippen LogP contribution in [-0.4, -0.2) is 40.9 Å². The SMILES string of the molecule is CC(N)CC(=O)NC1CC(=O)N(C(C)(C)C)C1.Cl. The van der Waals surface area contributed by atoms with Crippen LogP contribution in [0.15, 0.2) is 0 Å². The molecule has 1 fully saturated rings. The lowest BCUT2D eigenvalue weighted by atomic mass is 10.1. The van der Waals surface area contributed by atoms with E-state index in [0.717, 1.165) is 0 Å². The van der Waals surface area contributed by atoms with E-state index in [4.69, 9.17) is 5.73 Å². The van der Waals surface area contributed by atoms with E-state index < -0.39 is 0 Å². The minimum absolute atomic E-state index is 0. The fourth-order valence-electron chi connectivity index (χ4n) is 2.03. The Hall–Kier alpha value is -0.810. The van der Waals surface area contributed by atoms with Gasteiger partial charge in [-0.05, 0) is 27.7 Å². The van der Waals surface area contributed by atoms with Crippen LogP contribution in [0.4, 0.5) is 0 Å². The molecule has 0 aromatic heterocycles. The molecule has 0 aromatic rings. The smallest absolute Gasteiger partial charge is 0.225 e. The molecule has 3 N–H and O–H groups in total. The van der Waals surface area contributed by atoms with Gasteiger partial charge in [-0.25, -0.2) is 0 Å². The first kappa shape index (κ1) is 17.2. The van der Waals surface area contributed by atoms with Crippen molar-refractivity contribution in [2.24, 2.45) is 5.73 Å². The van der Waals surface area contributed by atoms with Gasteiger partial charge in [-0.2, -0.15) is 0 Å². The highest BCUT2D eigenvalue weighted by molar-refractivity contribution is 5.85. The molecule has 0 aromatic carbocycles. The number of halogens is 1. The number of amides is 2. The second-order valence-corrected chi connectivity index (χ2v) is 5.83. The Balaban J connectivity index is 0.00000289. The van der Waals surface area contributed by atoms with Crippen LogP contribution in [0.3, 0.4) is 0 Å². The predicted octanol–water partition coefficient (Wildman–Crippen LogP) is 0.661. The maximum Gasteiger partial charge on any atom is 0.225 e. The second kappa shape index (κ2) is 6.38. The zero-order chi connectivity index (χ0) is 13.2. The Morgan fingerprint density at radius 2 is 2.11 bits per heavy atom. The summed E-state index contributed by atoms with van der Waals surface area (Å²) < 4.78 is 0. The van der Waals surface area contributed by atoms with Gasteiger partial charge >= 0.3 is 0 Å².